The van der Waals surface area contributed by atoms with E-state index in [0.29, 0.717) is 17.6 Å². The highest BCUT2D eigenvalue weighted by Gasteiger charge is 2.15. The van der Waals surface area contributed by atoms with Crippen molar-refractivity contribution in [2.45, 2.75) is 18.7 Å². The highest BCUT2D eigenvalue weighted by Crippen LogP contribution is 2.25. The van der Waals surface area contributed by atoms with Crippen LogP contribution < -0.4 is 5.73 Å². The molecule has 0 radical (unpaired) electrons. The van der Waals surface area contributed by atoms with Gasteiger partial charge >= 0.3 is 0 Å². The number of imidazole rings is 1. The fourth-order valence-electron chi connectivity index (χ4n) is 1.69. The maximum Gasteiger partial charge on any atom is 0.201 e. The first-order valence-electron chi connectivity index (χ1n) is 5.33. The minimum atomic E-state index is -0.967. The number of anilines is 1. The SMILES string of the molecule is CC(Cn1c(N)nc2cc(F)c(Cl)cc21)S(C)=O. The van der Waals surface area contributed by atoms with Crippen LogP contribution in [-0.2, 0) is 17.3 Å². The maximum absolute atomic E-state index is 13.3. The lowest BCUT2D eigenvalue weighted by Crippen LogP contribution is -2.18. The van der Waals surface area contributed by atoms with Crippen LogP contribution in [0, 0.1) is 5.82 Å². The van der Waals surface area contributed by atoms with Gasteiger partial charge < -0.3 is 10.3 Å². The van der Waals surface area contributed by atoms with Gasteiger partial charge in [0, 0.05) is 34.9 Å². The van der Waals surface area contributed by atoms with Crippen molar-refractivity contribution in [3.63, 3.8) is 0 Å². The predicted molar refractivity (Wildman–Crippen MR) is 72.6 cm³/mol. The highest BCUT2D eigenvalue weighted by molar-refractivity contribution is 7.84. The number of rotatable bonds is 3. The minimum Gasteiger partial charge on any atom is -0.369 e. The van der Waals surface area contributed by atoms with Gasteiger partial charge in [-0.2, -0.15) is 0 Å². The lowest BCUT2D eigenvalue weighted by molar-refractivity contribution is 0.629. The summed E-state index contributed by atoms with van der Waals surface area (Å²) in [6.45, 7) is 2.31. The molecule has 2 N–H and O–H groups in total. The summed E-state index contributed by atoms with van der Waals surface area (Å²) in [7, 11) is -0.967. The number of hydrogen-bond donors (Lipinski definition) is 1. The van der Waals surface area contributed by atoms with Crippen molar-refractivity contribution in [1.29, 1.82) is 0 Å². The molecule has 4 nitrogen and oxygen atoms in total. The van der Waals surface area contributed by atoms with Gasteiger partial charge in [0.25, 0.3) is 0 Å². The van der Waals surface area contributed by atoms with Gasteiger partial charge in [-0.1, -0.05) is 11.6 Å². The van der Waals surface area contributed by atoms with E-state index in [9.17, 15) is 8.60 Å². The van der Waals surface area contributed by atoms with Crippen LogP contribution in [0.1, 0.15) is 6.92 Å². The van der Waals surface area contributed by atoms with Crippen LogP contribution in [0.2, 0.25) is 5.02 Å². The monoisotopic (exact) mass is 289 g/mol. The third-order valence-corrected chi connectivity index (χ3v) is 4.40. The molecule has 0 bridgehead atoms. The van der Waals surface area contributed by atoms with E-state index in [-0.39, 0.29) is 16.2 Å². The van der Waals surface area contributed by atoms with Crippen molar-refractivity contribution in [2.24, 2.45) is 0 Å². The molecule has 0 aliphatic rings. The molecule has 0 aliphatic heterocycles. The fourth-order valence-corrected chi connectivity index (χ4v) is 2.21. The zero-order valence-corrected chi connectivity index (χ0v) is 11.6. The van der Waals surface area contributed by atoms with Crippen LogP contribution in [0.15, 0.2) is 12.1 Å². The Hall–Kier alpha value is -1.14. The number of fused-ring (bicyclic) bond motifs is 1. The molecule has 18 heavy (non-hydrogen) atoms. The average Bonchev–Trinajstić information content (AvgIpc) is 2.56. The largest absolute Gasteiger partial charge is 0.369 e. The second kappa shape index (κ2) is 4.85. The minimum absolute atomic E-state index is 0.0222. The van der Waals surface area contributed by atoms with E-state index in [1.165, 1.54) is 12.1 Å². The smallest absolute Gasteiger partial charge is 0.201 e. The van der Waals surface area contributed by atoms with Crippen molar-refractivity contribution in [3.05, 3.63) is 23.0 Å². The average molecular weight is 290 g/mol. The third-order valence-electron chi connectivity index (χ3n) is 2.83. The molecule has 1 aromatic carbocycles. The van der Waals surface area contributed by atoms with Crippen LogP contribution in [0.25, 0.3) is 11.0 Å². The van der Waals surface area contributed by atoms with Gasteiger partial charge in [0.2, 0.25) is 5.95 Å². The van der Waals surface area contributed by atoms with E-state index in [4.69, 9.17) is 17.3 Å². The second-order valence-corrected chi connectivity index (χ2v) is 6.35. The van der Waals surface area contributed by atoms with Crippen LogP contribution in [0.4, 0.5) is 10.3 Å². The molecule has 1 heterocycles. The molecule has 0 saturated heterocycles. The molecule has 2 aromatic rings. The summed E-state index contributed by atoms with van der Waals surface area (Å²) in [6.07, 6.45) is 1.63. The summed E-state index contributed by atoms with van der Waals surface area (Å²) < 4.78 is 26.4. The summed E-state index contributed by atoms with van der Waals surface area (Å²) in [5, 5.41) is -0.0533. The highest BCUT2D eigenvalue weighted by atomic mass is 35.5. The first-order valence-corrected chi connectivity index (χ1v) is 7.33. The summed E-state index contributed by atoms with van der Waals surface area (Å²) >= 11 is 5.75. The maximum atomic E-state index is 13.3. The molecule has 98 valence electrons. The Labute approximate surface area is 111 Å². The predicted octanol–water partition coefficient (Wildman–Crippen LogP) is 2.18. The summed E-state index contributed by atoms with van der Waals surface area (Å²) in [5.41, 5.74) is 6.89. The molecule has 0 amide bonds. The topological polar surface area (TPSA) is 60.9 Å². The third kappa shape index (κ3) is 2.35. The van der Waals surface area contributed by atoms with Gasteiger partial charge in [-0.05, 0) is 13.0 Å². The Morgan fingerprint density at radius 1 is 1.61 bits per heavy atom. The van der Waals surface area contributed by atoms with Crippen molar-refractivity contribution in [3.8, 4) is 0 Å². The molecule has 0 spiro atoms. The van der Waals surface area contributed by atoms with Crippen molar-refractivity contribution < 1.29 is 8.60 Å². The fraction of sp³-hybridized carbons (Fsp3) is 0.364. The number of nitrogens with zero attached hydrogens (tertiary/aromatic N) is 2. The molecular formula is C11H13ClFN3OS. The van der Waals surface area contributed by atoms with Gasteiger partial charge in [-0.15, -0.1) is 0 Å². The summed E-state index contributed by atoms with van der Waals surface area (Å²) in [6, 6.07) is 2.74. The molecule has 1 aromatic heterocycles. The number of nitrogen functional groups attached to an aromatic ring is 1. The van der Waals surface area contributed by atoms with Crippen molar-refractivity contribution >= 4 is 39.4 Å². The second-order valence-electron chi connectivity index (χ2n) is 4.14. The van der Waals surface area contributed by atoms with Crippen LogP contribution >= 0.6 is 11.6 Å². The van der Waals surface area contributed by atoms with E-state index in [2.05, 4.69) is 4.98 Å². The number of nitrogens with two attached hydrogens (primary N) is 1. The summed E-state index contributed by atoms with van der Waals surface area (Å²) in [4.78, 5) is 4.07. The van der Waals surface area contributed by atoms with Gasteiger partial charge in [0.05, 0.1) is 16.1 Å². The molecule has 0 fully saturated rings. The molecule has 7 heteroatoms. The Bertz CT molecular complexity index is 628. The van der Waals surface area contributed by atoms with Crippen LogP contribution in [-0.4, -0.2) is 25.3 Å². The standard InChI is InChI=1S/C11H13ClFN3OS/c1-6(18(2)17)5-16-10-3-7(12)8(13)4-9(10)15-11(16)14/h3-4,6H,5H2,1-2H3,(H2,14,15). The lowest BCUT2D eigenvalue weighted by Gasteiger charge is -2.11. The molecule has 2 unspecified atom stereocenters. The Morgan fingerprint density at radius 2 is 2.28 bits per heavy atom. The molecule has 0 saturated carbocycles. The van der Waals surface area contributed by atoms with Crippen LogP contribution in [0.3, 0.4) is 0 Å². The van der Waals surface area contributed by atoms with E-state index in [0.717, 1.165) is 0 Å². The van der Waals surface area contributed by atoms with Crippen molar-refractivity contribution in [2.75, 3.05) is 12.0 Å². The lowest BCUT2D eigenvalue weighted by atomic mass is 10.3. The zero-order valence-electron chi connectivity index (χ0n) is 9.98. The van der Waals surface area contributed by atoms with E-state index in [1.54, 1.807) is 10.8 Å². The zero-order chi connectivity index (χ0) is 13.4. The van der Waals surface area contributed by atoms with Gasteiger partial charge in [-0.3, -0.25) is 4.21 Å². The van der Waals surface area contributed by atoms with Gasteiger partial charge in [0.1, 0.15) is 5.82 Å². The van der Waals surface area contributed by atoms with Gasteiger partial charge in [-0.25, -0.2) is 9.37 Å². The Balaban J connectivity index is 2.53. The Kier molecular flexibility index (Phi) is 3.59. The normalized spacial score (nSPS) is 14.9. The Morgan fingerprint density at radius 3 is 2.89 bits per heavy atom. The number of benzene rings is 1. The molecule has 2 atom stereocenters. The quantitative estimate of drug-likeness (QED) is 0.942. The number of hydrogen-bond acceptors (Lipinski definition) is 3. The molecular weight excluding hydrogens is 277 g/mol. The van der Waals surface area contributed by atoms with E-state index >= 15 is 0 Å². The van der Waals surface area contributed by atoms with Gasteiger partial charge in [0.15, 0.2) is 0 Å². The van der Waals surface area contributed by atoms with E-state index in [1.807, 2.05) is 6.92 Å². The number of aromatic nitrogens is 2. The first kappa shape index (κ1) is 13.3. The molecule has 0 aliphatic carbocycles. The number of halogens is 2. The van der Waals surface area contributed by atoms with Crippen LogP contribution in [0.5, 0.6) is 0 Å². The first-order chi connectivity index (χ1) is 8.40. The van der Waals surface area contributed by atoms with Crippen molar-refractivity contribution in [1.82, 2.24) is 9.55 Å². The molecule has 2 rings (SSSR count). The summed E-state index contributed by atoms with van der Waals surface area (Å²) in [5.74, 6) is -0.259. The van der Waals surface area contributed by atoms with E-state index < -0.39 is 16.6 Å².